The SMILES string of the molecule is O=[N+]([O-])c1ccc(CCNc2ncccn2)cc1. The van der Waals surface area contributed by atoms with Crippen LogP contribution in [0.15, 0.2) is 42.7 Å². The lowest BCUT2D eigenvalue weighted by atomic mass is 10.1. The minimum atomic E-state index is -0.403. The van der Waals surface area contributed by atoms with Crippen LogP contribution in [0, 0.1) is 10.1 Å². The van der Waals surface area contributed by atoms with E-state index in [1.165, 1.54) is 12.1 Å². The normalized spacial score (nSPS) is 10.0. The average Bonchev–Trinajstić information content (AvgIpc) is 2.40. The first-order chi connectivity index (χ1) is 8.75. The Morgan fingerprint density at radius 2 is 1.83 bits per heavy atom. The third-order valence-electron chi connectivity index (χ3n) is 2.41. The van der Waals surface area contributed by atoms with E-state index < -0.39 is 4.92 Å². The zero-order chi connectivity index (χ0) is 12.8. The second-order valence-electron chi connectivity index (χ2n) is 3.67. The van der Waals surface area contributed by atoms with Crippen molar-refractivity contribution in [3.63, 3.8) is 0 Å². The topological polar surface area (TPSA) is 81.0 Å². The van der Waals surface area contributed by atoms with E-state index in [0.717, 1.165) is 12.0 Å². The number of rotatable bonds is 5. The van der Waals surface area contributed by atoms with Crippen LogP contribution in [0.3, 0.4) is 0 Å². The molecule has 1 aromatic carbocycles. The third-order valence-corrected chi connectivity index (χ3v) is 2.41. The summed E-state index contributed by atoms with van der Waals surface area (Å²) in [5.74, 6) is 0.583. The molecule has 0 bridgehead atoms. The van der Waals surface area contributed by atoms with Gasteiger partial charge in [-0.15, -0.1) is 0 Å². The molecule has 0 aliphatic heterocycles. The Bertz CT molecular complexity index is 513. The van der Waals surface area contributed by atoms with Gasteiger partial charge in [0.1, 0.15) is 0 Å². The molecule has 1 aromatic heterocycles. The van der Waals surface area contributed by atoms with E-state index in [9.17, 15) is 10.1 Å². The van der Waals surface area contributed by atoms with Gasteiger partial charge in [-0.3, -0.25) is 10.1 Å². The Hall–Kier alpha value is -2.50. The summed E-state index contributed by atoms with van der Waals surface area (Å²) in [5, 5.41) is 13.6. The fourth-order valence-corrected chi connectivity index (χ4v) is 1.49. The van der Waals surface area contributed by atoms with E-state index in [-0.39, 0.29) is 5.69 Å². The summed E-state index contributed by atoms with van der Waals surface area (Å²) >= 11 is 0. The summed E-state index contributed by atoms with van der Waals surface area (Å²) in [6.07, 6.45) is 4.10. The molecule has 0 saturated heterocycles. The smallest absolute Gasteiger partial charge is 0.269 e. The van der Waals surface area contributed by atoms with Crippen molar-refractivity contribution in [2.24, 2.45) is 0 Å². The number of nitrogens with one attached hydrogen (secondary N) is 1. The van der Waals surface area contributed by atoms with Crippen molar-refractivity contribution in [3.8, 4) is 0 Å². The maximum atomic E-state index is 10.5. The summed E-state index contributed by atoms with van der Waals surface area (Å²) < 4.78 is 0. The van der Waals surface area contributed by atoms with Crippen LogP contribution >= 0.6 is 0 Å². The lowest BCUT2D eigenvalue weighted by Crippen LogP contribution is -2.07. The molecule has 1 N–H and O–H groups in total. The van der Waals surface area contributed by atoms with E-state index in [4.69, 9.17) is 0 Å². The number of nitrogens with zero attached hydrogens (tertiary/aromatic N) is 3. The molecule has 0 fully saturated rings. The van der Waals surface area contributed by atoms with Crippen LogP contribution in [0.1, 0.15) is 5.56 Å². The zero-order valence-corrected chi connectivity index (χ0v) is 9.61. The monoisotopic (exact) mass is 244 g/mol. The van der Waals surface area contributed by atoms with Gasteiger partial charge in [-0.05, 0) is 18.1 Å². The molecule has 92 valence electrons. The molecule has 18 heavy (non-hydrogen) atoms. The molecule has 0 radical (unpaired) electrons. The largest absolute Gasteiger partial charge is 0.354 e. The van der Waals surface area contributed by atoms with Gasteiger partial charge in [-0.25, -0.2) is 9.97 Å². The quantitative estimate of drug-likeness (QED) is 0.643. The number of nitro benzene ring substituents is 1. The molecule has 1 heterocycles. The van der Waals surface area contributed by atoms with Gasteiger partial charge in [0.05, 0.1) is 4.92 Å². The van der Waals surface area contributed by atoms with Gasteiger partial charge in [-0.2, -0.15) is 0 Å². The van der Waals surface area contributed by atoms with Gasteiger partial charge in [0.2, 0.25) is 5.95 Å². The van der Waals surface area contributed by atoms with Crippen LogP contribution in [-0.4, -0.2) is 21.4 Å². The van der Waals surface area contributed by atoms with Gasteiger partial charge >= 0.3 is 0 Å². The highest BCUT2D eigenvalue weighted by Gasteiger charge is 2.03. The third kappa shape index (κ3) is 3.24. The van der Waals surface area contributed by atoms with E-state index in [1.54, 1.807) is 30.6 Å². The molecular formula is C12H12N4O2. The van der Waals surface area contributed by atoms with Crippen LogP contribution in [0.2, 0.25) is 0 Å². The number of nitro groups is 1. The Labute approximate surface area is 104 Å². The predicted molar refractivity (Wildman–Crippen MR) is 67.3 cm³/mol. The van der Waals surface area contributed by atoms with Crippen molar-refractivity contribution in [2.75, 3.05) is 11.9 Å². The maximum Gasteiger partial charge on any atom is 0.269 e. The number of hydrogen-bond donors (Lipinski definition) is 1. The molecule has 2 rings (SSSR count). The summed E-state index contributed by atoms with van der Waals surface area (Å²) in [7, 11) is 0. The minimum absolute atomic E-state index is 0.109. The molecule has 0 amide bonds. The molecule has 0 saturated carbocycles. The predicted octanol–water partition coefficient (Wildman–Crippen LogP) is 2.04. The van der Waals surface area contributed by atoms with Crippen LogP contribution in [-0.2, 0) is 6.42 Å². The lowest BCUT2D eigenvalue weighted by molar-refractivity contribution is -0.384. The van der Waals surface area contributed by atoms with Crippen molar-refractivity contribution in [2.45, 2.75) is 6.42 Å². The van der Waals surface area contributed by atoms with E-state index in [2.05, 4.69) is 15.3 Å². The molecule has 0 aliphatic rings. The van der Waals surface area contributed by atoms with Crippen molar-refractivity contribution >= 4 is 11.6 Å². The minimum Gasteiger partial charge on any atom is -0.354 e. The van der Waals surface area contributed by atoms with Gasteiger partial charge in [-0.1, -0.05) is 12.1 Å². The Balaban J connectivity index is 1.85. The van der Waals surface area contributed by atoms with Crippen molar-refractivity contribution in [3.05, 3.63) is 58.4 Å². The van der Waals surface area contributed by atoms with Gasteiger partial charge < -0.3 is 5.32 Å². The molecule has 6 heteroatoms. The Morgan fingerprint density at radius 1 is 1.17 bits per heavy atom. The number of hydrogen-bond acceptors (Lipinski definition) is 5. The maximum absolute atomic E-state index is 10.5. The molecule has 0 spiro atoms. The summed E-state index contributed by atoms with van der Waals surface area (Å²) in [5.41, 5.74) is 1.14. The lowest BCUT2D eigenvalue weighted by Gasteiger charge is -2.03. The van der Waals surface area contributed by atoms with Crippen molar-refractivity contribution < 1.29 is 4.92 Å². The standard InChI is InChI=1S/C12H12N4O2/c17-16(18)11-4-2-10(3-5-11)6-9-15-12-13-7-1-8-14-12/h1-5,7-8H,6,9H2,(H,13,14,15). The summed E-state index contributed by atoms with van der Waals surface area (Å²) in [6, 6.07) is 8.28. The van der Waals surface area contributed by atoms with Gasteiger partial charge in [0.15, 0.2) is 0 Å². The van der Waals surface area contributed by atoms with E-state index in [0.29, 0.717) is 12.5 Å². The first kappa shape index (κ1) is 12.0. The Morgan fingerprint density at radius 3 is 2.44 bits per heavy atom. The molecule has 0 aliphatic carbocycles. The van der Waals surface area contributed by atoms with Crippen molar-refractivity contribution in [1.82, 2.24) is 9.97 Å². The van der Waals surface area contributed by atoms with Crippen LogP contribution in [0.4, 0.5) is 11.6 Å². The number of non-ortho nitro benzene ring substituents is 1. The highest BCUT2D eigenvalue weighted by atomic mass is 16.6. The fraction of sp³-hybridized carbons (Fsp3) is 0.167. The molecule has 0 unspecified atom stereocenters. The number of anilines is 1. The van der Waals surface area contributed by atoms with Crippen LogP contribution in [0.25, 0.3) is 0 Å². The molecule has 6 nitrogen and oxygen atoms in total. The van der Waals surface area contributed by atoms with E-state index >= 15 is 0 Å². The van der Waals surface area contributed by atoms with E-state index in [1.807, 2.05) is 0 Å². The molecule has 2 aromatic rings. The number of aromatic nitrogens is 2. The first-order valence-corrected chi connectivity index (χ1v) is 5.50. The van der Waals surface area contributed by atoms with Crippen LogP contribution in [0.5, 0.6) is 0 Å². The molecular weight excluding hydrogens is 232 g/mol. The second-order valence-corrected chi connectivity index (χ2v) is 3.67. The highest BCUT2D eigenvalue weighted by molar-refractivity contribution is 5.33. The average molecular weight is 244 g/mol. The van der Waals surface area contributed by atoms with Gasteiger partial charge in [0.25, 0.3) is 5.69 Å². The zero-order valence-electron chi connectivity index (χ0n) is 9.61. The highest BCUT2D eigenvalue weighted by Crippen LogP contribution is 2.12. The van der Waals surface area contributed by atoms with Gasteiger partial charge in [0, 0.05) is 31.1 Å². The van der Waals surface area contributed by atoms with Crippen molar-refractivity contribution in [1.29, 1.82) is 0 Å². The second kappa shape index (κ2) is 5.72. The summed E-state index contributed by atoms with van der Waals surface area (Å²) in [4.78, 5) is 18.2. The van der Waals surface area contributed by atoms with Crippen LogP contribution < -0.4 is 5.32 Å². The first-order valence-electron chi connectivity index (χ1n) is 5.50. The fourth-order valence-electron chi connectivity index (χ4n) is 1.49. The summed E-state index contributed by atoms with van der Waals surface area (Å²) in [6.45, 7) is 0.682. The number of benzene rings is 1. The molecule has 0 atom stereocenters. The Kier molecular flexibility index (Phi) is 3.80.